The molecule has 192 valence electrons. The number of aldehydes is 1. The van der Waals surface area contributed by atoms with Gasteiger partial charge in [0.2, 0.25) is 5.91 Å². The van der Waals surface area contributed by atoms with Crippen molar-refractivity contribution in [2.24, 2.45) is 0 Å². The molecule has 0 spiro atoms. The van der Waals surface area contributed by atoms with Crippen molar-refractivity contribution in [1.29, 1.82) is 0 Å². The highest BCUT2D eigenvalue weighted by Crippen LogP contribution is 2.30. The number of carbonyl (C=O) groups is 3. The Kier molecular flexibility index (Phi) is 8.75. The van der Waals surface area contributed by atoms with Gasteiger partial charge in [0.25, 0.3) is 5.91 Å². The molecule has 1 unspecified atom stereocenters. The molecule has 2 aromatic rings. The molecule has 4 rings (SSSR count). The molecule has 2 heterocycles. The van der Waals surface area contributed by atoms with Crippen LogP contribution in [0.1, 0.15) is 52.7 Å². The number of nitrogens with zero attached hydrogens (tertiary/aromatic N) is 3. The summed E-state index contributed by atoms with van der Waals surface area (Å²) in [6, 6.07) is 14.0. The number of anilines is 1. The Balaban J connectivity index is 1.28. The van der Waals surface area contributed by atoms with Gasteiger partial charge in [-0.05, 0) is 74.0 Å². The molecule has 0 aromatic heterocycles. The third kappa shape index (κ3) is 5.95. The maximum atomic E-state index is 13.1. The summed E-state index contributed by atoms with van der Waals surface area (Å²) in [6.45, 7) is 7.95. The summed E-state index contributed by atoms with van der Waals surface area (Å²) in [6.07, 6.45) is 4.50. The third-order valence-corrected chi connectivity index (χ3v) is 7.49. The number of amides is 2. The van der Waals surface area contributed by atoms with Crippen LogP contribution in [0, 0.1) is 6.92 Å². The molecule has 2 aliphatic rings. The van der Waals surface area contributed by atoms with Crippen LogP contribution in [0.3, 0.4) is 0 Å². The Hall–Kier alpha value is -3.19. The third-order valence-electron chi connectivity index (χ3n) is 7.49. The average molecular weight is 491 g/mol. The maximum absolute atomic E-state index is 13.1. The van der Waals surface area contributed by atoms with Gasteiger partial charge in [0.05, 0.1) is 0 Å². The van der Waals surface area contributed by atoms with E-state index < -0.39 is 6.04 Å². The summed E-state index contributed by atoms with van der Waals surface area (Å²) in [5, 5.41) is 2.64. The molecule has 0 bridgehead atoms. The minimum Gasteiger partial charge on any atom is -0.369 e. The molecule has 0 aliphatic carbocycles. The van der Waals surface area contributed by atoms with Crippen molar-refractivity contribution in [3.63, 3.8) is 0 Å². The van der Waals surface area contributed by atoms with Crippen LogP contribution in [0.2, 0.25) is 0 Å². The van der Waals surface area contributed by atoms with Gasteiger partial charge >= 0.3 is 0 Å². The number of piperazine rings is 1. The first-order valence-electron chi connectivity index (χ1n) is 13.1. The van der Waals surface area contributed by atoms with Crippen molar-refractivity contribution in [2.75, 3.05) is 44.7 Å². The molecule has 0 saturated carbocycles. The number of fused-ring (bicyclic) bond motifs is 1. The van der Waals surface area contributed by atoms with E-state index >= 15 is 0 Å². The van der Waals surface area contributed by atoms with Crippen LogP contribution in [-0.4, -0.2) is 73.7 Å². The highest BCUT2D eigenvalue weighted by atomic mass is 16.2. The molecular formula is C29H38N4O3. The number of likely N-dealkylation sites (N-methyl/N-ethyl adjacent to an activating group) is 1. The van der Waals surface area contributed by atoms with Gasteiger partial charge in [0.1, 0.15) is 12.3 Å². The van der Waals surface area contributed by atoms with Crippen LogP contribution in [0.15, 0.2) is 42.5 Å². The molecule has 1 fully saturated rings. The lowest BCUT2D eigenvalue weighted by Gasteiger charge is -2.36. The minimum absolute atomic E-state index is 0.113. The molecule has 7 heteroatoms. The largest absolute Gasteiger partial charge is 0.369 e. The smallest absolute Gasteiger partial charge is 0.255 e. The topological polar surface area (TPSA) is 73.0 Å². The van der Waals surface area contributed by atoms with Gasteiger partial charge in [0.15, 0.2) is 0 Å². The van der Waals surface area contributed by atoms with Crippen LogP contribution in [0.4, 0.5) is 5.69 Å². The number of rotatable bonds is 11. The van der Waals surface area contributed by atoms with E-state index in [-0.39, 0.29) is 18.2 Å². The Labute approximate surface area is 214 Å². The standard InChI is InChI=1S/C29H38N4O3/c1-22-8-5-11-24(20-22)32-17-15-31(16-18-32)14-4-3-9-23-10-6-12-25-26(23)21-33(29(25)36)27(13-7-19-34)28(35)30-2/h5-6,8,10-12,19-20,27H,3-4,7,9,13-18,21H2,1-2H3,(H,30,35). The van der Waals surface area contributed by atoms with Crippen LogP contribution in [0.5, 0.6) is 0 Å². The zero-order valence-corrected chi connectivity index (χ0v) is 21.5. The van der Waals surface area contributed by atoms with Crippen molar-refractivity contribution >= 4 is 23.8 Å². The molecule has 2 aliphatic heterocycles. The Morgan fingerprint density at radius 2 is 1.86 bits per heavy atom. The number of hydrogen-bond donors (Lipinski definition) is 1. The molecule has 0 radical (unpaired) electrons. The quantitative estimate of drug-likeness (QED) is 0.387. The van der Waals surface area contributed by atoms with Crippen molar-refractivity contribution in [3.05, 3.63) is 64.7 Å². The van der Waals surface area contributed by atoms with Gasteiger partial charge in [0, 0.05) is 57.4 Å². The summed E-state index contributed by atoms with van der Waals surface area (Å²) in [7, 11) is 1.57. The highest BCUT2D eigenvalue weighted by molar-refractivity contribution is 6.01. The summed E-state index contributed by atoms with van der Waals surface area (Å²) >= 11 is 0. The number of benzene rings is 2. The first kappa shape index (κ1) is 25.9. The summed E-state index contributed by atoms with van der Waals surface area (Å²) < 4.78 is 0. The van der Waals surface area contributed by atoms with Gasteiger partial charge in [-0.2, -0.15) is 0 Å². The normalized spacial score (nSPS) is 16.7. The fourth-order valence-corrected chi connectivity index (χ4v) is 5.43. The number of carbonyl (C=O) groups excluding carboxylic acids is 3. The molecule has 2 amide bonds. The fraction of sp³-hybridized carbons (Fsp3) is 0.483. The first-order valence-corrected chi connectivity index (χ1v) is 13.1. The first-order chi connectivity index (χ1) is 17.5. The predicted octanol–water partition coefficient (Wildman–Crippen LogP) is 3.19. The molecule has 1 saturated heterocycles. The van der Waals surface area contributed by atoms with E-state index in [0.717, 1.165) is 63.8 Å². The van der Waals surface area contributed by atoms with E-state index in [9.17, 15) is 14.4 Å². The van der Waals surface area contributed by atoms with Crippen LogP contribution in [0.25, 0.3) is 0 Å². The SMILES string of the molecule is CNC(=O)C(CCC=O)N1Cc2c(CCCCN3CCN(c4cccc(C)c4)CC3)cccc2C1=O. The predicted molar refractivity (Wildman–Crippen MR) is 142 cm³/mol. The lowest BCUT2D eigenvalue weighted by atomic mass is 9.98. The zero-order chi connectivity index (χ0) is 25.5. The lowest BCUT2D eigenvalue weighted by Crippen LogP contribution is -2.46. The molecule has 1 N–H and O–H groups in total. The summed E-state index contributed by atoms with van der Waals surface area (Å²) in [4.78, 5) is 43.1. The molecular weight excluding hydrogens is 452 g/mol. The Bertz CT molecular complexity index is 1080. The second-order valence-electron chi connectivity index (χ2n) is 9.88. The van der Waals surface area contributed by atoms with Crippen LogP contribution >= 0.6 is 0 Å². The van der Waals surface area contributed by atoms with E-state index in [2.05, 4.69) is 52.4 Å². The van der Waals surface area contributed by atoms with Crippen LogP contribution in [-0.2, 0) is 22.6 Å². The molecule has 7 nitrogen and oxygen atoms in total. The molecule has 1 atom stereocenters. The van der Waals surface area contributed by atoms with Gasteiger partial charge < -0.3 is 19.9 Å². The second-order valence-corrected chi connectivity index (χ2v) is 9.88. The lowest BCUT2D eigenvalue weighted by molar-refractivity contribution is -0.125. The fourth-order valence-electron chi connectivity index (χ4n) is 5.43. The van der Waals surface area contributed by atoms with Crippen LogP contribution < -0.4 is 10.2 Å². The van der Waals surface area contributed by atoms with Gasteiger partial charge in [-0.3, -0.25) is 14.5 Å². The second kappa shape index (κ2) is 12.2. The summed E-state index contributed by atoms with van der Waals surface area (Å²) in [5.41, 5.74) is 5.55. The number of unbranched alkanes of at least 4 members (excludes halogenated alkanes) is 1. The van der Waals surface area contributed by atoms with Crippen molar-refractivity contribution in [2.45, 2.75) is 51.6 Å². The highest BCUT2D eigenvalue weighted by Gasteiger charge is 2.36. The molecule has 36 heavy (non-hydrogen) atoms. The average Bonchev–Trinajstić information content (AvgIpc) is 3.24. The van der Waals surface area contributed by atoms with Crippen molar-refractivity contribution in [3.8, 4) is 0 Å². The van der Waals surface area contributed by atoms with Gasteiger partial charge in [-0.1, -0.05) is 24.3 Å². The van der Waals surface area contributed by atoms with Gasteiger partial charge in [-0.15, -0.1) is 0 Å². The minimum atomic E-state index is -0.619. The molecule has 2 aromatic carbocycles. The Morgan fingerprint density at radius 3 is 2.58 bits per heavy atom. The van der Waals surface area contributed by atoms with E-state index in [1.165, 1.54) is 16.8 Å². The van der Waals surface area contributed by atoms with E-state index in [1.54, 1.807) is 11.9 Å². The van der Waals surface area contributed by atoms with E-state index in [0.29, 0.717) is 18.5 Å². The van der Waals surface area contributed by atoms with E-state index in [1.807, 2.05) is 12.1 Å². The zero-order valence-electron chi connectivity index (χ0n) is 21.5. The van der Waals surface area contributed by atoms with Crippen molar-refractivity contribution < 1.29 is 14.4 Å². The van der Waals surface area contributed by atoms with E-state index in [4.69, 9.17) is 0 Å². The summed E-state index contributed by atoms with van der Waals surface area (Å²) in [5.74, 6) is -0.333. The number of hydrogen-bond acceptors (Lipinski definition) is 5. The number of nitrogens with one attached hydrogen (secondary N) is 1. The maximum Gasteiger partial charge on any atom is 0.255 e. The monoisotopic (exact) mass is 490 g/mol. The Morgan fingerprint density at radius 1 is 1.08 bits per heavy atom. The number of aryl methyl sites for hydroxylation is 2. The van der Waals surface area contributed by atoms with Crippen molar-refractivity contribution in [1.82, 2.24) is 15.1 Å². The van der Waals surface area contributed by atoms with Gasteiger partial charge in [-0.25, -0.2) is 0 Å².